The Bertz CT molecular complexity index is 1070. The summed E-state index contributed by atoms with van der Waals surface area (Å²) in [5, 5.41) is 0. The summed E-state index contributed by atoms with van der Waals surface area (Å²) in [7, 11) is 1.63. The highest BCUT2D eigenvalue weighted by Crippen LogP contribution is 2.29. The van der Waals surface area contributed by atoms with Gasteiger partial charge in [-0.2, -0.15) is 13.2 Å². The van der Waals surface area contributed by atoms with Crippen molar-refractivity contribution >= 4 is 5.91 Å². The van der Waals surface area contributed by atoms with Crippen molar-refractivity contribution in [3.8, 4) is 0 Å². The Morgan fingerprint density at radius 2 is 1.77 bits per heavy atom. The summed E-state index contributed by atoms with van der Waals surface area (Å²) < 4.78 is 46.4. The molecule has 0 radical (unpaired) electrons. The number of halogens is 3. The molecule has 4 nitrogen and oxygen atoms in total. The minimum absolute atomic E-state index is 0.0741. The van der Waals surface area contributed by atoms with Gasteiger partial charge in [0.05, 0.1) is 12.1 Å². The quantitative estimate of drug-likeness (QED) is 0.271. The number of ether oxygens (including phenoxy) is 1. The average molecular weight is 487 g/mol. The highest BCUT2D eigenvalue weighted by Gasteiger charge is 2.30. The molecule has 0 fully saturated rings. The molecule has 188 valence electrons. The maximum absolute atomic E-state index is 13.4. The van der Waals surface area contributed by atoms with Crippen LogP contribution in [0.2, 0.25) is 0 Å². The normalized spacial score (nSPS) is 11.6. The minimum atomic E-state index is -4.38. The molecule has 0 saturated heterocycles. The number of amides is 1. The van der Waals surface area contributed by atoms with Gasteiger partial charge in [-0.05, 0) is 66.8 Å². The van der Waals surface area contributed by atoms with E-state index in [1.807, 2.05) is 47.2 Å². The van der Waals surface area contributed by atoms with E-state index in [1.54, 1.807) is 18.1 Å². The summed E-state index contributed by atoms with van der Waals surface area (Å²) in [6.45, 7) is 3.84. The van der Waals surface area contributed by atoms with Crippen LogP contribution in [-0.2, 0) is 30.4 Å². The van der Waals surface area contributed by atoms with Crippen molar-refractivity contribution in [2.75, 3.05) is 20.3 Å². The number of aryl methyl sites for hydroxylation is 1. The first-order valence-electron chi connectivity index (χ1n) is 12.0. The van der Waals surface area contributed by atoms with Crippen molar-refractivity contribution in [1.29, 1.82) is 0 Å². The molecular weight excluding hydrogens is 453 g/mol. The van der Waals surface area contributed by atoms with E-state index in [1.165, 1.54) is 17.7 Å². The lowest BCUT2D eigenvalue weighted by atomic mass is 10.1. The highest BCUT2D eigenvalue weighted by molar-refractivity contribution is 5.94. The van der Waals surface area contributed by atoms with Crippen LogP contribution in [0.1, 0.15) is 58.9 Å². The summed E-state index contributed by atoms with van der Waals surface area (Å²) in [4.78, 5) is 15.1. The van der Waals surface area contributed by atoms with Crippen LogP contribution in [0, 0.1) is 0 Å². The number of aromatic nitrogens is 1. The van der Waals surface area contributed by atoms with E-state index in [0.29, 0.717) is 43.8 Å². The number of unbranched alkanes of at least 4 members (excludes halogenated alkanes) is 1. The molecule has 0 bridgehead atoms. The standard InChI is InChI=1S/C28H33F3N2O2/c1-3-4-8-22-12-14-24(15-13-22)27(34)33(17-7-18-35-2)21-26-11-6-16-32(26)20-23-9-5-10-25(19-23)28(29,30)31/h5-6,9-16,19H,3-4,7-8,17-18,20-21H2,1-2H3. The van der Waals surface area contributed by atoms with Crippen LogP contribution in [0.15, 0.2) is 66.9 Å². The maximum Gasteiger partial charge on any atom is 0.416 e. The van der Waals surface area contributed by atoms with Gasteiger partial charge in [0.25, 0.3) is 5.91 Å². The lowest BCUT2D eigenvalue weighted by molar-refractivity contribution is -0.137. The molecule has 7 heteroatoms. The fourth-order valence-electron chi connectivity index (χ4n) is 4.02. The zero-order chi connectivity index (χ0) is 25.3. The summed E-state index contributed by atoms with van der Waals surface area (Å²) in [6, 6.07) is 16.9. The van der Waals surface area contributed by atoms with E-state index in [2.05, 4.69) is 6.92 Å². The van der Waals surface area contributed by atoms with Gasteiger partial charge >= 0.3 is 6.18 Å². The Balaban J connectivity index is 1.77. The van der Waals surface area contributed by atoms with Gasteiger partial charge in [0.2, 0.25) is 0 Å². The van der Waals surface area contributed by atoms with Gasteiger partial charge < -0.3 is 14.2 Å². The molecular formula is C28H33F3N2O2. The number of methoxy groups -OCH3 is 1. The predicted octanol–water partition coefficient (Wildman–Crippen LogP) is 6.58. The molecule has 0 aliphatic carbocycles. The molecule has 1 heterocycles. The number of carbonyl (C=O) groups excluding carboxylic acids is 1. The van der Waals surface area contributed by atoms with Crippen molar-refractivity contribution in [1.82, 2.24) is 9.47 Å². The SMILES string of the molecule is CCCCc1ccc(C(=O)N(CCCOC)Cc2cccn2Cc2cccc(C(F)(F)F)c2)cc1. The van der Waals surface area contributed by atoms with E-state index in [-0.39, 0.29) is 5.91 Å². The molecule has 0 atom stereocenters. The van der Waals surface area contributed by atoms with Crippen molar-refractivity contribution in [2.24, 2.45) is 0 Å². The van der Waals surface area contributed by atoms with Gasteiger partial charge in [-0.25, -0.2) is 0 Å². The van der Waals surface area contributed by atoms with Crippen LogP contribution < -0.4 is 0 Å². The van der Waals surface area contributed by atoms with Crippen LogP contribution in [0.5, 0.6) is 0 Å². The number of carbonyl (C=O) groups is 1. The average Bonchev–Trinajstić information content (AvgIpc) is 3.28. The Kier molecular flexibility index (Phi) is 9.55. The first kappa shape index (κ1) is 26.5. The van der Waals surface area contributed by atoms with Gasteiger partial charge in [0.1, 0.15) is 0 Å². The molecule has 0 saturated carbocycles. The molecule has 1 amide bonds. The third-order valence-electron chi connectivity index (χ3n) is 5.97. The topological polar surface area (TPSA) is 34.5 Å². The van der Waals surface area contributed by atoms with Crippen LogP contribution in [0.3, 0.4) is 0 Å². The number of nitrogens with zero attached hydrogens (tertiary/aromatic N) is 2. The molecule has 35 heavy (non-hydrogen) atoms. The molecule has 2 aromatic carbocycles. The van der Waals surface area contributed by atoms with E-state index in [0.717, 1.165) is 31.0 Å². The van der Waals surface area contributed by atoms with Crippen molar-refractivity contribution in [3.05, 3.63) is 94.8 Å². The molecule has 0 unspecified atom stereocenters. The van der Waals surface area contributed by atoms with E-state index >= 15 is 0 Å². The van der Waals surface area contributed by atoms with Gasteiger partial charge in [-0.1, -0.05) is 37.6 Å². The monoisotopic (exact) mass is 486 g/mol. The second-order valence-electron chi connectivity index (χ2n) is 8.70. The fraction of sp³-hybridized carbons (Fsp3) is 0.393. The number of alkyl halides is 3. The molecule has 1 aromatic heterocycles. The van der Waals surface area contributed by atoms with E-state index in [9.17, 15) is 18.0 Å². The molecule has 0 aliphatic rings. The lowest BCUT2D eigenvalue weighted by Crippen LogP contribution is -2.33. The van der Waals surface area contributed by atoms with Crippen molar-refractivity contribution in [2.45, 2.75) is 51.9 Å². The summed E-state index contributed by atoms with van der Waals surface area (Å²) >= 11 is 0. The third kappa shape index (κ3) is 7.72. The third-order valence-corrected chi connectivity index (χ3v) is 5.97. The molecule has 3 aromatic rings. The fourth-order valence-corrected chi connectivity index (χ4v) is 4.02. The first-order valence-corrected chi connectivity index (χ1v) is 12.0. The van der Waals surface area contributed by atoms with Crippen LogP contribution in [0.25, 0.3) is 0 Å². The van der Waals surface area contributed by atoms with Gasteiger partial charge in [-0.15, -0.1) is 0 Å². The Labute approximate surface area is 205 Å². The van der Waals surface area contributed by atoms with E-state index in [4.69, 9.17) is 4.74 Å². The van der Waals surface area contributed by atoms with Gasteiger partial charge in [0.15, 0.2) is 0 Å². The smallest absolute Gasteiger partial charge is 0.385 e. The van der Waals surface area contributed by atoms with Crippen LogP contribution in [0.4, 0.5) is 13.2 Å². The second-order valence-corrected chi connectivity index (χ2v) is 8.70. The van der Waals surface area contributed by atoms with Gasteiger partial charge in [-0.3, -0.25) is 4.79 Å². The first-order chi connectivity index (χ1) is 16.8. The summed E-state index contributed by atoms with van der Waals surface area (Å²) in [6.07, 6.45) is 1.35. The lowest BCUT2D eigenvalue weighted by Gasteiger charge is -2.24. The zero-order valence-electron chi connectivity index (χ0n) is 20.4. The van der Waals surface area contributed by atoms with Crippen molar-refractivity contribution < 1.29 is 22.7 Å². The van der Waals surface area contributed by atoms with Gasteiger partial charge in [0, 0.05) is 44.3 Å². The van der Waals surface area contributed by atoms with Crippen LogP contribution in [-0.4, -0.2) is 35.6 Å². The zero-order valence-corrected chi connectivity index (χ0v) is 20.4. The summed E-state index contributed by atoms with van der Waals surface area (Å²) in [5.41, 5.74) is 2.58. The molecule has 3 rings (SSSR count). The number of rotatable bonds is 12. The highest BCUT2D eigenvalue weighted by atomic mass is 19.4. The summed E-state index contributed by atoms with van der Waals surface area (Å²) in [5.74, 6) is -0.0741. The van der Waals surface area contributed by atoms with E-state index < -0.39 is 11.7 Å². The second kappa shape index (κ2) is 12.6. The number of benzene rings is 2. The Hall–Kier alpha value is -3.06. The maximum atomic E-state index is 13.4. The Morgan fingerprint density at radius 1 is 1.00 bits per heavy atom. The Morgan fingerprint density at radius 3 is 2.46 bits per heavy atom. The van der Waals surface area contributed by atoms with Crippen LogP contribution >= 0.6 is 0 Å². The largest absolute Gasteiger partial charge is 0.416 e. The molecule has 0 aliphatic heterocycles. The predicted molar refractivity (Wildman–Crippen MR) is 131 cm³/mol. The molecule has 0 N–H and O–H groups in total. The number of hydrogen-bond acceptors (Lipinski definition) is 2. The molecule has 0 spiro atoms. The number of hydrogen-bond donors (Lipinski definition) is 0. The van der Waals surface area contributed by atoms with Crippen molar-refractivity contribution in [3.63, 3.8) is 0 Å². The minimum Gasteiger partial charge on any atom is -0.385 e.